The Kier molecular flexibility index (Phi) is 2.63. The molecule has 1 aromatic rings. The molecule has 0 atom stereocenters. The monoisotopic (exact) mass is 182 g/mol. The van der Waals surface area contributed by atoms with Crippen LogP contribution in [0.5, 0.6) is 0 Å². The van der Waals surface area contributed by atoms with E-state index in [1.165, 1.54) is 7.05 Å². The summed E-state index contributed by atoms with van der Waals surface area (Å²) in [5.41, 5.74) is -0.179. The third-order valence-corrected chi connectivity index (χ3v) is 1.49. The zero-order valence-corrected chi connectivity index (χ0v) is 7.34. The number of aromatic amines is 1. The highest BCUT2D eigenvalue weighted by atomic mass is 16.2. The van der Waals surface area contributed by atoms with E-state index < -0.39 is 0 Å². The van der Waals surface area contributed by atoms with Gasteiger partial charge in [0.1, 0.15) is 5.82 Å². The Balaban J connectivity index is 3.21. The quantitative estimate of drug-likeness (QED) is 0.557. The summed E-state index contributed by atoms with van der Waals surface area (Å²) >= 11 is 0. The molecule has 1 aromatic heterocycles. The lowest BCUT2D eigenvalue weighted by Gasteiger charge is -2.04. The molecule has 0 radical (unpaired) electrons. The molecular weight excluding hydrogens is 172 g/mol. The van der Waals surface area contributed by atoms with Gasteiger partial charge in [0, 0.05) is 14.1 Å². The zero-order chi connectivity index (χ0) is 9.84. The summed E-state index contributed by atoms with van der Waals surface area (Å²) in [5, 5.41) is 5.08. The van der Waals surface area contributed by atoms with Crippen molar-refractivity contribution < 1.29 is 4.79 Å². The molecule has 0 fully saturated rings. The van der Waals surface area contributed by atoms with Crippen LogP contribution in [-0.4, -0.2) is 30.0 Å². The number of hydrogen-bond donors (Lipinski definition) is 3. The molecule has 0 aliphatic rings. The number of aromatic nitrogens is 2. The lowest BCUT2D eigenvalue weighted by atomic mass is 10.4. The average molecular weight is 182 g/mol. The molecule has 0 bridgehead atoms. The molecule has 13 heavy (non-hydrogen) atoms. The van der Waals surface area contributed by atoms with Gasteiger partial charge in [-0.2, -0.15) is 0 Å². The van der Waals surface area contributed by atoms with Crippen LogP contribution in [0.4, 0.5) is 5.82 Å². The maximum absolute atomic E-state index is 11.2. The Hall–Kier alpha value is -1.85. The fourth-order valence-corrected chi connectivity index (χ4v) is 0.874. The summed E-state index contributed by atoms with van der Waals surface area (Å²) in [7, 11) is 3.09. The Morgan fingerprint density at radius 3 is 2.77 bits per heavy atom. The smallest absolute Gasteiger partial charge is 0.273 e. The Bertz CT molecular complexity index is 371. The molecule has 0 aliphatic heterocycles. The highest BCUT2D eigenvalue weighted by Gasteiger charge is 2.10. The van der Waals surface area contributed by atoms with E-state index in [0.717, 1.165) is 6.20 Å². The van der Waals surface area contributed by atoms with Crippen molar-refractivity contribution in [3.8, 4) is 0 Å². The molecule has 0 aliphatic carbocycles. The molecule has 0 spiro atoms. The number of carbonyl (C=O) groups is 1. The third-order valence-electron chi connectivity index (χ3n) is 1.49. The highest BCUT2D eigenvalue weighted by Crippen LogP contribution is 2.03. The van der Waals surface area contributed by atoms with Gasteiger partial charge in [0.15, 0.2) is 5.69 Å². The summed E-state index contributed by atoms with van der Waals surface area (Å²) in [6.07, 6.45) is 1.06. The van der Waals surface area contributed by atoms with Crippen molar-refractivity contribution in [2.45, 2.75) is 0 Å². The van der Waals surface area contributed by atoms with Gasteiger partial charge in [-0.1, -0.05) is 0 Å². The minimum Gasteiger partial charge on any atom is -0.373 e. The van der Waals surface area contributed by atoms with E-state index in [-0.39, 0.29) is 17.2 Å². The number of carbonyl (C=O) groups excluding carboxylic acids is 1. The van der Waals surface area contributed by atoms with Gasteiger partial charge in [0.05, 0.1) is 6.20 Å². The van der Waals surface area contributed by atoms with Crippen LogP contribution in [0, 0.1) is 0 Å². The van der Waals surface area contributed by atoms with E-state index >= 15 is 0 Å². The molecule has 1 amide bonds. The van der Waals surface area contributed by atoms with Crippen LogP contribution in [0.3, 0.4) is 0 Å². The van der Waals surface area contributed by atoms with E-state index in [9.17, 15) is 9.59 Å². The van der Waals surface area contributed by atoms with Gasteiger partial charge in [0.25, 0.3) is 11.5 Å². The second kappa shape index (κ2) is 3.70. The van der Waals surface area contributed by atoms with Crippen LogP contribution in [0.2, 0.25) is 0 Å². The predicted molar refractivity (Wildman–Crippen MR) is 47.8 cm³/mol. The highest BCUT2D eigenvalue weighted by molar-refractivity contribution is 5.96. The number of rotatable bonds is 2. The summed E-state index contributed by atoms with van der Waals surface area (Å²) in [4.78, 5) is 28.1. The second-order valence-corrected chi connectivity index (χ2v) is 2.30. The molecular formula is C7H10N4O2. The van der Waals surface area contributed by atoms with E-state index in [2.05, 4.69) is 20.6 Å². The number of nitrogens with one attached hydrogen (secondary N) is 3. The van der Waals surface area contributed by atoms with E-state index in [1.807, 2.05) is 0 Å². The van der Waals surface area contributed by atoms with Crippen LogP contribution >= 0.6 is 0 Å². The van der Waals surface area contributed by atoms with Gasteiger partial charge in [-0.15, -0.1) is 0 Å². The van der Waals surface area contributed by atoms with Crippen molar-refractivity contribution in [2.75, 3.05) is 19.4 Å². The summed E-state index contributed by atoms with van der Waals surface area (Å²) < 4.78 is 0. The van der Waals surface area contributed by atoms with Crippen molar-refractivity contribution in [3.05, 3.63) is 22.2 Å². The molecule has 6 nitrogen and oxygen atoms in total. The summed E-state index contributed by atoms with van der Waals surface area (Å²) in [6.45, 7) is 0. The van der Waals surface area contributed by atoms with Gasteiger partial charge < -0.3 is 15.6 Å². The molecule has 3 N–H and O–H groups in total. The molecule has 70 valence electrons. The van der Waals surface area contributed by atoms with Gasteiger partial charge in [-0.25, -0.2) is 4.98 Å². The molecule has 0 unspecified atom stereocenters. The fraction of sp³-hybridized carbons (Fsp3) is 0.286. The van der Waals surface area contributed by atoms with Gasteiger partial charge >= 0.3 is 0 Å². The number of amides is 1. The molecule has 1 heterocycles. The number of nitrogens with zero attached hydrogens (tertiary/aromatic N) is 1. The topological polar surface area (TPSA) is 86.9 Å². The van der Waals surface area contributed by atoms with Crippen molar-refractivity contribution in [3.63, 3.8) is 0 Å². The van der Waals surface area contributed by atoms with Crippen LogP contribution in [0.1, 0.15) is 10.5 Å². The predicted octanol–water partition coefficient (Wildman–Crippen LogP) is -0.829. The molecule has 0 saturated carbocycles. The van der Waals surface area contributed by atoms with Gasteiger partial charge in [-0.05, 0) is 0 Å². The van der Waals surface area contributed by atoms with Crippen LogP contribution < -0.4 is 16.2 Å². The first-order chi connectivity index (χ1) is 6.19. The fourth-order valence-electron chi connectivity index (χ4n) is 0.874. The van der Waals surface area contributed by atoms with E-state index in [1.54, 1.807) is 7.05 Å². The van der Waals surface area contributed by atoms with Crippen LogP contribution in [0.25, 0.3) is 0 Å². The lowest BCUT2D eigenvalue weighted by molar-refractivity contribution is 0.0958. The van der Waals surface area contributed by atoms with E-state index in [4.69, 9.17) is 0 Å². The van der Waals surface area contributed by atoms with Gasteiger partial charge in [-0.3, -0.25) is 9.59 Å². The van der Waals surface area contributed by atoms with Crippen LogP contribution in [-0.2, 0) is 0 Å². The molecule has 1 rings (SSSR count). The third kappa shape index (κ3) is 1.84. The second-order valence-electron chi connectivity index (χ2n) is 2.30. The Morgan fingerprint density at radius 1 is 1.54 bits per heavy atom. The summed E-state index contributed by atoms with van der Waals surface area (Å²) in [5.74, 6) is -0.0348. The SMILES string of the molecule is CNC(=O)c1ncc(=O)[nH]c1NC. The first-order valence-corrected chi connectivity index (χ1v) is 3.68. The minimum atomic E-state index is -0.350. The largest absolute Gasteiger partial charge is 0.373 e. The molecule has 0 saturated heterocycles. The standard InChI is InChI=1S/C7H10N4O2/c1-8-6-5(7(13)9-2)10-3-4(12)11-6/h3H,1-2H3,(H,9,13)(H2,8,11,12). The van der Waals surface area contributed by atoms with E-state index in [0.29, 0.717) is 5.82 Å². The maximum atomic E-state index is 11.2. The molecule has 0 aromatic carbocycles. The van der Waals surface area contributed by atoms with Crippen molar-refractivity contribution in [1.29, 1.82) is 0 Å². The Morgan fingerprint density at radius 2 is 2.23 bits per heavy atom. The molecule has 6 heteroatoms. The van der Waals surface area contributed by atoms with Crippen molar-refractivity contribution in [1.82, 2.24) is 15.3 Å². The normalized spacial score (nSPS) is 9.38. The lowest BCUT2D eigenvalue weighted by Crippen LogP contribution is -2.23. The summed E-state index contributed by atoms with van der Waals surface area (Å²) in [6, 6.07) is 0. The van der Waals surface area contributed by atoms with Crippen molar-refractivity contribution in [2.24, 2.45) is 0 Å². The van der Waals surface area contributed by atoms with Gasteiger partial charge in [0.2, 0.25) is 0 Å². The Labute approximate surface area is 74.4 Å². The number of anilines is 1. The van der Waals surface area contributed by atoms with Crippen molar-refractivity contribution >= 4 is 11.7 Å². The minimum absolute atomic E-state index is 0.171. The number of hydrogen-bond acceptors (Lipinski definition) is 4. The average Bonchev–Trinajstić information content (AvgIpc) is 2.16. The van der Waals surface area contributed by atoms with Crippen LogP contribution in [0.15, 0.2) is 11.0 Å². The number of H-pyrrole nitrogens is 1. The first kappa shape index (κ1) is 9.24. The first-order valence-electron chi connectivity index (χ1n) is 3.68. The zero-order valence-electron chi connectivity index (χ0n) is 7.34. The maximum Gasteiger partial charge on any atom is 0.273 e.